The molecule has 0 aliphatic heterocycles. The van der Waals surface area contributed by atoms with Crippen LogP contribution in [0.4, 0.5) is 5.82 Å². The van der Waals surface area contributed by atoms with Crippen LogP contribution in [-0.2, 0) is 6.42 Å². The minimum Gasteiger partial charge on any atom is -0.369 e. The molecule has 0 saturated carbocycles. The van der Waals surface area contributed by atoms with Crippen LogP contribution in [0.2, 0.25) is 0 Å². The number of likely N-dealkylation sites (N-methyl/N-ethyl adjacent to an activating group) is 1. The summed E-state index contributed by atoms with van der Waals surface area (Å²) >= 11 is 3.64. The second-order valence-corrected chi connectivity index (χ2v) is 5.89. The molecule has 0 unspecified atom stereocenters. The molecular weight excluding hydrogens is 328 g/mol. The molecule has 1 aromatic carbocycles. The monoisotopic (exact) mass is 348 g/mol. The number of halogens is 1. The highest BCUT2D eigenvalue weighted by atomic mass is 79.9. The predicted octanol–water partition coefficient (Wildman–Crippen LogP) is 3.44. The first-order valence-corrected chi connectivity index (χ1v) is 7.91. The number of aromatic nitrogens is 2. The number of nitrogens with zero attached hydrogens (tertiary/aromatic N) is 3. The Bertz CT molecular complexity index is 584. The van der Waals surface area contributed by atoms with Crippen LogP contribution in [0.5, 0.6) is 0 Å². The van der Waals surface area contributed by atoms with Crippen molar-refractivity contribution in [1.82, 2.24) is 14.9 Å². The Morgan fingerprint density at radius 2 is 1.86 bits per heavy atom. The molecule has 21 heavy (non-hydrogen) atoms. The molecule has 0 bridgehead atoms. The molecule has 0 aliphatic carbocycles. The molecule has 0 spiro atoms. The highest BCUT2D eigenvalue weighted by molar-refractivity contribution is 9.10. The van der Waals surface area contributed by atoms with Crippen molar-refractivity contribution >= 4 is 21.7 Å². The maximum Gasteiger partial charge on any atom is 0.144 e. The van der Waals surface area contributed by atoms with Gasteiger partial charge in [-0.25, -0.2) is 9.97 Å². The summed E-state index contributed by atoms with van der Waals surface area (Å²) in [6, 6.07) is 10.2. The van der Waals surface area contributed by atoms with Gasteiger partial charge >= 0.3 is 0 Å². The Labute approximate surface area is 134 Å². The van der Waals surface area contributed by atoms with E-state index in [1.54, 1.807) is 0 Å². The summed E-state index contributed by atoms with van der Waals surface area (Å²) in [5.74, 6) is 1.72. The van der Waals surface area contributed by atoms with Crippen molar-refractivity contribution < 1.29 is 0 Å². The lowest BCUT2D eigenvalue weighted by Gasteiger charge is -2.14. The summed E-state index contributed by atoms with van der Waals surface area (Å²) < 4.78 is 0.921. The molecule has 1 heterocycles. The maximum absolute atomic E-state index is 4.73. The van der Waals surface area contributed by atoms with Gasteiger partial charge < -0.3 is 10.2 Å². The lowest BCUT2D eigenvalue weighted by molar-refractivity contribution is 0.409. The quantitative estimate of drug-likeness (QED) is 0.867. The molecule has 2 aromatic rings. The summed E-state index contributed by atoms with van der Waals surface area (Å²) in [4.78, 5) is 11.5. The molecule has 0 fully saturated rings. The topological polar surface area (TPSA) is 41.1 Å². The van der Waals surface area contributed by atoms with Crippen LogP contribution >= 0.6 is 15.9 Å². The van der Waals surface area contributed by atoms with Crippen molar-refractivity contribution in [2.24, 2.45) is 0 Å². The zero-order chi connectivity index (χ0) is 15.2. The summed E-state index contributed by atoms with van der Waals surface area (Å²) in [6.45, 7) is 3.83. The molecule has 1 aromatic heterocycles. The van der Waals surface area contributed by atoms with Crippen molar-refractivity contribution in [2.75, 3.05) is 32.5 Å². The second-order valence-electron chi connectivity index (χ2n) is 5.10. The van der Waals surface area contributed by atoms with Gasteiger partial charge in [0.15, 0.2) is 0 Å². The molecule has 0 radical (unpaired) electrons. The normalized spacial score (nSPS) is 10.9. The minimum atomic E-state index is 0.830. The van der Waals surface area contributed by atoms with E-state index in [0.29, 0.717) is 0 Å². The lowest BCUT2D eigenvalue weighted by Crippen LogP contribution is -2.17. The number of anilines is 1. The number of benzene rings is 1. The van der Waals surface area contributed by atoms with Gasteiger partial charge in [0.2, 0.25) is 0 Å². The van der Waals surface area contributed by atoms with Gasteiger partial charge in [0.05, 0.1) is 10.2 Å². The van der Waals surface area contributed by atoms with E-state index in [-0.39, 0.29) is 0 Å². The van der Waals surface area contributed by atoms with E-state index >= 15 is 0 Å². The molecule has 112 valence electrons. The van der Waals surface area contributed by atoms with E-state index in [4.69, 9.17) is 4.98 Å². The van der Waals surface area contributed by atoms with Crippen LogP contribution in [0.3, 0.4) is 0 Å². The number of hydrogen-bond acceptors (Lipinski definition) is 4. The van der Waals surface area contributed by atoms with Gasteiger partial charge in [0, 0.05) is 25.1 Å². The molecule has 0 amide bonds. The molecule has 1 N–H and O–H groups in total. The third kappa shape index (κ3) is 4.25. The standard InChI is InChI=1S/C16H21BrN4/c1-4-18-16-14(17)15(12-8-6-5-7-9-12)19-13(20-16)10-11-21(2)3/h5-9H,4,10-11H2,1-3H3,(H,18,19,20). The Morgan fingerprint density at radius 1 is 1.14 bits per heavy atom. The fraction of sp³-hybridized carbons (Fsp3) is 0.375. The SMILES string of the molecule is CCNc1nc(CCN(C)C)nc(-c2ccccc2)c1Br. The minimum absolute atomic E-state index is 0.830. The largest absolute Gasteiger partial charge is 0.369 e. The van der Waals surface area contributed by atoms with E-state index in [0.717, 1.165) is 46.9 Å². The average molecular weight is 349 g/mol. The molecule has 5 heteroatoms. The van der Waals surface area contributed by atoms with Crippen molar-refractivity contribution in [3.63, 3.8) is 0 Å². The average Bonchev–Trinajstić information content (AvgIpc) is 2.49. The first kappa shape index (κ1) is 15.9. The van der Waals surface area contributed by atoms with Gasteiger partial charge in [-0.3, -0.25) is 0 Å². The van der Waals surface area contributed by atoms with Crippen molar-refractivity contribution in [2.45, 2.75) is 13.3 Å². The summed E-state index contributed by atoms with van der Waals surface area (Å²) in [6.07, 6.45) is 0.832. The van der Waals surface area contributed by atoms with E-state index in [1.807, 2.05) is 18.2 Å². The lowest BCUT2D eigenvalue weighted by atomic mass is 10.1. The molecule has 0 atom stereocenters. The van der Waals surface area contributed by atoms with Gasteiger partial charge in [-0.2, -0.15) is 0 Å². The highest BCUT2D eigenvalue weighted by Gasteiger charge is 2.13. The van der Waals surface area contributed by atoms with Crippen LogP contribution in [0.25, 0.3) is 11.3 Å². The zero-order valence-corrected chi connectivity index (χ0v) is 14.3. The Kier molecular flexibility index (Phi) is 5.70. The van der Waals surface area contributed by atoms with E-state index < -0.39 is 0 Å². The van der Waals surface area contributed by atoms with Crippen LogP contribution in [0.15, 0.2) is 34.8 Å². The molecule has 2 rings (SSSR count). The molecular formula is C16H21BrN4. The van der Waals surface area contributed by atoms with E-state index in [2.05, 4.69) is 64.3 Å². The summed E-state index contributed by atoms with van der Waals surface area (Å²) in [7, 11) is 4.12. The highest BCUT2D eigenvalue weighted by Crippen LogP contribution is 2.31. The number of nitrogens with one attached hydrogen (secondary N) is 1. The molecule has 0 saturated heterocycles. The maximum atomic E-state index is 4.73. The predicted molar refractivity (Wildman–Crippen MR) is 91.6 cm³/mol. The number of hydrogen-bond donors (Lipinski definition) is 1. The fourth-order valence-electron chi connectivity index (χ4n) is 2.00. The molecule has 0 aliphatic rings. The smallest absolute Gasteiger partial charge is 0.144 e. The van der Waals surface area contributed by atoms with E-state index in [9.17, 15) is 0 Å². The fourth-order valence-corrected chi connectivity index (χ4v) is 2.55. The van der Waals surface area contributed by atoms with Crippen molar-refractivity contribution in [3.8, 4) is 11.3 Å². The van der Waals surface area contributed by atoms with Gasteiger partial charge in [0.25, 0.3) is 0 Å². The third-order valence-corrected chi connectivity index (χ3v) is 3.82. The first-order chi connectivity index (χ1) is 10.1. The van der Waals surface area contributed by atoms with Gasteiger partial charge in [-0.05, 0) is 36.9 Å². The van der Waals surface area contributed by atoms with Crippen molar-refractivity contribution in [1.29, 1.82) is 0 Å². The van der Waals surface area contributed by atoms with Crippen LogP contribution in [-0.4, -0.2) is 42.1 Å². The second kappa shape index (κ2) is 7.52. The van der Waals surface area contributed by atoms with Crippen LogP contribution in [0, 0.1) is 0 Å². The third-order valence-electron chi connectivity index (χ3n) is 3.07. The van der Waals surface area contributed by atoms with E-state index in [1.165, 1.54) is 0 Å². The zero-order valence-electron chi connectivity index (χ0n) is 12.7. The van der Waals surface area contributed by atoms with Crippen LogP contribution in [0.1, 0.15) is 12.7 Å². The van der Waals surface area contributed by atoms with Gasteiger partial charge in [-0.15, -0.1) is 0 Å². The number of rotatable bonds is 6. The Morgan fingerprint density at radius 3 is 2.48 bits per heavy atom. The van der Waals surface area contributed by atoms with Gasteiger partial charge in [-0.1, -0.05) is 30.3 Å². The Hall–Kier alpha value is -1.46. The summed E-state index contributed by atoms with van der Waals surface area (Å²) in [5.41, 5.74) is 2.03. The van der Waals surface area contributed by atoms with Crippen LogP contribution < -0.4 is 5.32 Å². The Balaban J connectivity index is 2.42. The van der Waals surface area contributed by atoms with Gasteiger partial charge in [0.1, 0.15) is 11.6 Å². The first-order valence-electron chi connectivity index (χ1n) is 7.12. The van der Waals surface area contributed by atoms with Crippen molar-refractivity contribution in [3.05, 3.63) is 40.6 Å². The summed E-state index contributed by atoms with van der Waals surface area (Å²) in [5, 5.41) is 3.30. The molecule has 4 nitrogen and oxygen atoms in total.